The molecule has 3 heteroatoms. The lowest BCUT2D eigenvalue weighted by atomic mass is 10.1. The van der Waals surface area contributed by atoms with Crippen LogP contribution in [0.5, 0.6) is 0 Å². The molecule has 0 amide bonds. The molecular formula is C12H27BO2. The zero-order chi connectivity index (χ0) is 11.5. The lowest BCUT2D eigenvalue weighted by Gasteiger charge is -2.07. The molecule has 90 valence electrons. The molecule has 0 aromatic rings. The van der Waals surface area contributed by atoms with Crippen LogP contribution >= 0.6 is 0 Å². The van der Waals surface area contributed by atoms with Gasteiger partial charge >= 0.3 is 7.69 Å². The molecule has 0 unspecified atom stereocenters. The monoisotopic (exact) mass is 214 g/mol. The van der Waals surface area contributed by atoms with Crippen molar-refractivity contribution in [2.75, 3.05) is 13.2 Å². The minimum atomic E-state index is 0.468. The van der Waals surface area contributed by atoms with Crippen LogP contribution in [0.3, 0.4) is 0 Å². The van der Waals surface area contributed by atoms with Gasteiger partial charge in [-0.3, -0.25) is 0 Å². The third-order valence-electron chi connectivity index (χ3n) is 2.31. The standard InChI is InChI=1S/C12H27BO2/c1-11(2)7-5-9-14-13-15-10-6-8-12(3)4/h11-13H,5-10H2,1-4H3. The summed E-state index contributed by atoms with van der Waals surface area (Å²) in [5.41, 5.74) is 0. The van der Waals surface area contributed by atoms with E-state index in [-0.39, 0.29) is 0 Å². The summed E-state index contributed by atoms with van der Waals surface area (Å²) in [4.78, 5) is 0. The molecule has 0 aromatic heterocycles. The van der Waals surface area contributed by atoms with Crippen molar-refractivity contribution in [3.8, 4) is 0 Å². The zero-order valence-electron chi connectivity index (χ0n) is 10.9. The second kappa shape index (κ2) is 10.5. The quantitative estimate of drug-likeness (QED) is 0.410. The summed E-state index contributed by atoms with van der Waals surface area (Å²) in [6.45, 7) is 10.6. The summed E-state index contributed by atoms with van der Waals surface area (Å²) in [5.74, 6) is 1.56. The van der Waals surface area contributed by atoms with Crippen LogP contribution < -0.4 is 0 Å². The van der Waals surface area contributed by atoms with Crippen molar-refractivity contribution < 1.29 is 9.31 Å². The average Bonchev–Trinajstić information content (AvgIpc) is 2.14. The molecule has 0 aliphatic heterocycles. The molecule has 2 nitrogen and oxygen atoms in total. The van der Waals surface area contributed by atoms with E-state index in [1.807, 2.05) is 0 Å². The summed E-state index contributed by atoms with van der Waals surface area (Å²) >= 11 is 0. The summed E-state index contributed by atoms with van der Waals surface area (Å²) in [6.07, 6.45) is 4.78. The first kappa shape index (κ1) is 15.0. The predicted octanol–water partition coefficient (Wildman–Crippen LogP) is 3.16. The average molecular weight is 214 g/mol. The van der Waals surface area contributed by atoms with E-state index in [1.165, 1.54) is 12.8 Å². The Hall–Kier alpha value is -0.0151. The molecule has 0 spiro atoms. The maximum atomic E-state index is 5.37. The van der Waals surface area contributed by atoms with Gasteiger partial charge in [0.25, 0.3) is 0 Å². The fourth-order valence-electron chi connectivity index (χ4n) is 1.36. The van der Waals surface area contributed by atoms with Gasteiger partial charge < -0.3 is 9.31 Å². The Morgan fingerprint density at radius 3 is 1.53 bits per heavy atom. The molecule has 0 aliphatic carbocycles. The van der Waals surface area contributed by atoms with Crippen LogP contribution in [0, 0.1) is 11.8 Å². The predicted molar refractivity (Wildman–Crippen MR) is 67.2 cm³/mol. The largest absolute Gasteiger partial charge is 0.438 e. The lowest BCUT2D eigenvalue weighted by molar-refractivity contribution is 0.209. The Balaban J connectivity index is 2.93. The van der Waals surface area contributed by atoms with Crippen molar-refractivity contribution in [2.24, 2.45) is 11.8 Å². The maximum Gasteiger partial charge on any atom is 0.438 e. The first-order chi connectivity index (χ1) is 7.13. The van der Waals surface area contributed by atoms with E-state index in [2.05, 4.69) is 27.7 Å². The second-order valence-corrected chi connectivity index (χ2v) is 5.01. The van der Waals surface area contributed by atoms with Gasteiger partial charge in [0.1, 0.15) is 0 Å². The SMILES string of the molecule is CC(C)CCCOBOCCCC(C)C. The molecular weight excluding hydrogens is 187 g/mol. The van der Waals surface area contributed by atoms with Crippen LogP contribution in [0.2, 0.25) is 0 Å². The Labute approximate surface area is 96.0 Å². The van der Waals surface area contributed by atoms with Crippen LogP contribution in [0.25, 0.3) is 0 Å². The molecule has 0 aliphatic rings. The van der Waals surface area contributed by atoms with Crippen LogP contribution in [-0.2, 0) is 9.31 Å². The van der Waals surface area contributed by atoms with Crippen LogP contribution in [-0.4, -0.2) is 20.9 Å². The third kappa shape index (κ3) is 14.0. The maximum absolute atomic E-state index is 5.37. The van der Waals surface area contributed by atoms with Crippen molar-refractivity contribution in [1.82, 2.24) is 0 Å². The Kier molecular flexibility index (Phi) is 10.5. The summed E-state index contributed by atoms with van der Waals surface area (Å²) < 4.78 is 10.7. The molecule has 15 heavy (non-hydrogen) atoms. The molecule has 0 atom stereocenters. The van der Waals surface area contributed by atoms with E-state index in [4.69, 9.17) is 9.31 Å². The Bertz CT molecular complexity index is 113. The lowest BCUT2D eigenvalue weighted by Crippen LogP contribution is -2.08. The van der Waals surface area contributed by atoms with Gasteiger partial charge in [-0.2, -0.15) is 0 Å². The summed E-state index contributed by atoms with van der Waals surface area (Å²) in [6, 6.07) is 0. The van der Waals surface area contributed by atoms with E-state index in [9.17, 15) is 0 Å². The smallest absolute Gasteiger partial charge is 0.414 e. The fourth-order valence-corrected chi connectivity index (χ4v) is 1.36. The number of hydrogen-bond donors (Lipinski definition) is 0. The van der Waals surface area contributed by atoms with Gasteiger partial charge in [-0.15, -0.1) is 0 Å². The van der Waals surface area contributed by atoms with E-state index in [1.54, 1.807) is 0 Å². The van der Waals surface area contributed by atoms with Crippen LogP contribution in [0.4, 0.5) is 0 Å². The highest BCUT2D eigenvalue weighted by Crippen LogP contribution is 2.04. The molecule has 0 saturated heterocycles. The van der Waals surface area contributed by atoms with Gasteiger partial charge in [0.05, 0.1) is 0 Å². The fraction of sp³-hybridized carbons (Fsp3) is 1.00. The van der Waals surface area contributed by atoms with Crippen LogP contribution in [0.1, 0.15) is 53.4 Å². The Morgan fingerprint density at radius 1 is 0.800 bits per heavy atom. The van der Waals surface area contributed by atoms with Crippen molar-refractivity contribution >= 4 is 7.69 Å². The third-order valence-corrected chi connectivity index (χ3v) is 2.31. The van der Waals surface area contributed by atoms with Crippen molar-refractivity contribution in [3.05, 3.63) is 0 Å². The minimum absolute atomic E-state index is 0.468. The number of hydrogen-bond acceptors (Lipinski definition) is 2. The van der Waals surface area contributed by atoms with Gasteiger partial charge in [-0.05, 0) is 37.5 Å². The van der Waals surface area contributed by atoms with Crippen molar-refractivity contribution in [3.63, 3.8) is 0 Å². The molecule has 0 saturated carbocycles. The minimum Gasteiger partial charge on any atom is -0.414 e. The van der Waals surface area contributed by atoms with Gasteiger partial charge in [-0.1, -0.05) is 27.7 Å². The molecule has 0 fully saturated rings. The number of rotatable bonds is 10. The summed E-state index contributed by atoms with van der Waals surface area (Å²) in [7, 11) is 0.468. The molecule has 0 heterocycles. The van der Waals surface area contributed by atoms with Gasteiger partial charge in [0, 0.05) is 13.2 Å². The molecule has 0 aromatic carbocycles. The van der Waals surface area contributed by atoms with Gasteiger partial charge in [0.15, 0.2) is 0 Å². The first-order valence-electron chi connectivity index (χ1n) is 6.28. The van der Waals surface area contributed by atoms with Gasteiger partial charge in [0.2, 0.25) is 0 Å². The highest BCUT2D eigenvalue weighted by atomic mass is 16.6. The van der Waals surface area contributed by atoms with Crippen LogP contribution in [0.15, 0.2) is 0 Å². The van der Waals surface area contributed by atoms with Crippen molar-refractivity contribution in [2.45, 2.75) is 53.4 Å². The van der Waals surface area contributed by atoms with E-state index in [0.29, 0.717) is 7.69 Å². The van der Waals surface area contributed by atoms with E-state index in [0.717, 1.165) is 37.9 Å². The normalized spacial score (nSPS) is 11.3. The van der Waals surface area contributed by atoms with E-state index >= 15 is 0 Å². The van der Waals surface area contributed by atoms with Crippen molar-refractivity contribution in [1.29, 1.82) is 0 Å². The molecule has 0 radical (unpaired) electrons. The molecule has 0 N–H and O–H groups in total. The Morgan fingerprint density at radius 2 is 1.20 bits per heavy atom. The van der Waals surface area contributed by atoms with Gasteiger partial charge in [-0.25, -0.2) is 0 Å². The molecule has 0 rings (SSSR count). The van der Waals surface area contributed by atoms with E-state index < -0.39 is 0 Å². The first-order valence-corrected chi connectivity index (χ1v) is 6.28. The topological polar surface area (TPSA) is 18.5 Å². The second-order valence-electron chi connectivity index (χ2n) is 5.01. The highest BCUT2D eigenvalue weighted by molar-refractivity contribution is 6.17. The zero-order valence-corrected chi connectivity index (χ0v) is 10.9. The highest BCUT2D eigenvalue weighted by Gasteiger charge is 1.97. The molecule has 0 bridgehead atoms. The summed E-state index contributed by atoms with van der Waals surface area (Å²) in [5, 5.41) is 0.